The van der Waals surface area contributed by atoms with E-state index in [2.05, 4.69) is 42.0 Å². The summed E-state index contributed by atoms with van der Waals surface area (Å²) < 4.78 is 5.80. The molecule has 16 atom stereocenters. The standard InChI is InChI=1S/C57H95N7O16/c1-7-33(4)26-34(5)14-12-10-8-9-11-13-15-39(67)27-37-28-46(72)55(80-25-22-58)62-54(77)49-44(70)21-24-63(49)57(79)48(43(69)20-23-59-32(2)3)61-53(76)41(51(74)50(73)36-16-18-38(66)19-17-36)30-45(71)42-29-40(68)31-64(42)56(78)47(35(6)65)60-52(37)75/h16-19,32-35,37,40-44,46-51,55,59,65-66,68-70,72-74H,7-15,20-31,58H2,1-6H3,(H,60,75)(H,61,76)(H,62,77)/t33-,34+,35+,37-,40+,41-,42-,43+,44-,46+,47-,48-,49-,50-,51-,55+/m0/s1. The van der Waals surface area contributed by atoms with Gasteiger partial charge in [-0.25, -0.2) is 0 Å². The summed E-state index contributed by atoms with van der Waals surface area (Å²) in [4.78, 5) is 103. The van der Waals surface area contributed by atoms with Crippen LogP contribution in [-0.2, 0) is 38.3 Å². The number of ether oxygens (including phenoxy) is 1. The molecule has 0 bridgehead atoms. The number of phenolic OH excluding ortho intramolecular Hbond substituents is 1. The van der Waals surface area contributed by atoms with E-state index in [1.165, 1.54) is 37.6 Å². The fraction of sp³-hybridized carbons (Fsp3) is 0.772. The van der Waals surface area contributed by atoms with Crippen LogP contribution in [0.1, 0.15) is 156 Å². The van der Waals surface area contributed by atoms with Crippen molar-refractivity contribution in [1.82, 2.24) is 31.1 Å². The summed E-state index contributed by atoms with van der Waals surface area (Å²) in [6.45, 7) is 10.6. The number of hydrogen-bond acceptors (Lipinski definition) is 18. The minimum atomic E-state index is -2.16. The van der Waals surface area contributed by atoms with Gasteiger partial charge in [0, 0.05) is 57.3 Å². The number of nitrogens with one attached hydrogen (secondary N) is 4. The zero-order chi connectivity index (χ0) is 59.4. The Hall–Kier alpha value is -4.69. The smallest absolute Gasteiger partial charge is 0.248 e. The third-order valence-corrected chi connectivity index (χ3v) is 15.9. The van der Waals surface area contributed by atoms with Crippen LogP contribution in [0.5, 0.6) is 5.75 Å². The van der Waals surface area contributed by atoms with Gasteiger partial charge in [0.1, 0.15) is 35.8 Å². The zero-order valence-corrected chi connectivity index (χ0v) is 47.8. The van der Waals surface area contributed by atoms with Crippen molar-refractivity contribution < 1.29 is 79.2 Å². The molecule has 3 aliphatic rings. The third-order valence-electron chi connectivity index (χ3n) is 15.9. The van der Waals surface area contributed by atoms with Crippen LogP contribution in [0.25, 0.3) is 0 Å². The quantitative estimate of drug-likeness (QED) is 0.0556. The molecule has 0 aliphatic carbocycles. The van der Waals surface area contributed by atoms with Gasteiger partial charge in [-0.05, 0) is 75.1 Å². The second kappa shape index (κ2) is 33.4. The number of aliphatic hydroxyl groups excluding tert-OH is 7. The van der Waals surface area contributed by atoms with Crippen LogP contribution in [0.3, 0.4) is 0 Å². The maximum Gasteiger partial charge on any atom is 0.248 e. The second-order valence-corrected chi connectivity index (χ2v) is 23.1. The van der Waals surface area contributed by atoms with E-state index < -0.39 is 153 Å². The average Bonchev–Trinajstić information content (AvgIpc) is 4.12. The van der Waals surface area contributed by atoms with Crippen molar-refractivity contribution in [2.75, 3.05) is 32.8 Å². The van der Waals surface area contributed by atoms with E-state index in [1.807, 2.05) is 13.8 Å². The molecule has 0 saturated carbocycles. The normalized spacial score (nSPS) is 28.2. The lowest BCUT2D eigenvalue weighted by Crippen LogP contribution is -2.61. The Morgan fingerprint density at radius 1 is 0.775 bits per heavy atom. The van der Waals surface area contributed by atoms with E-state index in [1.54, 1.807) is 0 Å². The minimum absolute atomic E-state index is 0.00805. The molecule has 1 aromatic carbocycles. The van der Waals surface area contributed by atoms with Crippen molar-refractivity contribution in [2.45, 2.75) is 223 Å². The van der Waals surface area contributed by atoms with Gasteiger partial charge in [0.2, 0.25) is 29.5 Å². The highest BCUT2D eigenvalue weighted by molar-refractivity contribution is 5.98. The van der Waals surface area contributed by atoms with E-state index in [4.69, 9.17) is 10.5 Å². The molecule has 0 radical (unpaired) electrons. The van der Waals surface area contributed by atoms with E-state index in [9.17, 15) is 74.4 Å². The molecule has 3 aliphatic heterocycles. The lowest BCUT2D eigenvalue weighted by atomic mass is 9.86. The monoisotopic (exact) mass is 1130 g/mol. The Morgan fingerprint density at radius 2 is 1.41 bits per heavy atom. The molecule has 14 N–H and O–H groups in total. The molecular formula is C57H95N7O16. The largest absolute Gasteiger partial charge is 0.508 e. The van der Waals surface area contributed by atoms with Crippen LogP contribution in [0.4, 0.5) is 0 Å². The number of nitrogens with zero attached hydrogens (tertiary/aromatic N) is 2. The molecule has 0 aromatic heterocycles. The Morgan fingerprint density at radius 3 is 2.05 bits per heavy atom. The molecule has 1 aromatic rings. The maximum atomic E-state index is 14.8. The molecule has 454 valence electrons. The molecule has 3 saturated heterocycles. The first kappa shape index (κ1) is 67.8. The molecule has 4 rings (SSSR count). The highest BCUT2D eigenvalue weighted by Gasteiger charge is 2.49. The number of amides is 5. The van der Waals surface area contributed by atoms with Crippen molar-refractivity contribution >= 4 is 41.1 Å². The first-order valence-corrected chi connectivity index (χ1v) is 29.1. The fourth-order valence-electron chi connectivity index (χ4n) is 11.0. The summed E-state index contributed by atoms with van der Waals surface area (Å²) in [6, 6.07) is -2.20. The van der Waals surface area contributed by atoms with Gasteiger partial charge in [0.15, 0.2) is 12.0 Å². The number of Topliss-reactive ketones (excluding diaryl/α,β-unsaturated/α-hetero) is 2. The topological polar surface area (TPSA) is 371 Å². The molecule has 5 amide bonds. The van der Waals surface area contributed by atoms with Crippen molar-refractivity contribution in [2.24, 2.45) is 29.4 Å². The van der Waals surface area contributed by atoms with Crippen molar-refractivity contribution in [3.63, 3.8) is 0 Å². The van der Waals surface area contributed by atoms with Gasteiger partial charge in [0.25, 0.3) is 0 Å². The second-order valence-electron chi connectivity index (χ2n) is 23.1. The number of nitrogens with two attached hydrogens (primary N) is 1. The number of aromatic hydroxyl groups is 1. The lowest BCUT2D eigenvalue weighted by molar-refractivity contribution is -0.150. The molecule has 3 heterocycles. The first-order valence-electron chi connectivity index (χ1n) is 29.1. The van der Waals surface area contributed by atoms with Crippen LogP contribution < -0.4 is 27.0 Å². The summed E-state index contributed by atoms with van der Waals surface area (Å²) in [7, 11) is 0. The van der Waals surface area contributed by atoms with Gasteiger partial charge in [-0.1, -0.05) is 91.7 Å². The van der Waals surface area contributed by atoms with Crippen LogP contribution in [-0.4, -0.2) is 198 Å². The van der Waals surface area contributed by atoms with Crippen LogP contribution in [0, 0.1) is 23.7 Å². The molecule has 3 fully saturated rings. The maximum absolute atomic E-state index is 14.8. The molecular weight excluding hydrogens is 1040 g/mol. The number of carbonyl (C=O) groups is 7. The predicted octanol–water partition coefficient (Wildman–Crippen LogP) is 0.336. The Balaban J connectivity index is 1.75. The van der Waals surface area contributed by atoms with Crippen molar-refractivity contribution in [1.29, 1.82) is 0 Å². The Kier molecular flexibility index (Phi) is 28.3. The number of benzene rings is 1. The van der Waals surface area contributed by atoms with Crippen LogP contribution in [0.15, 0.2) is 24.3 Å². The molecule has 0 unspecified atom stereocenters. The van der Waals surface area contributed by atoms with Gasteiger partial charge < -0.3 is 82.4 Å². The van der Waals surface area contributed by atoms with Crippen molar-refractivity contribution in [3.05, 3.63) is 29.8 Å². The van der Waals surface area contributed by atoms with Gasteiger partial charge in [-0.3, -0.25) is 33.6 Å². The number of unbranched alkanes of at least 4 members (excludes halogenated alkanes) is 5. The summed E-state index contributed by atoms with van der Waals surface area (Å²) in [6.07, 6.45) is -7.64. The number of hydrogen-bond donors (Lipinski definition) is 13. The van der Waals surface area contributed by atoms with Crippen LogP contribution >= 0.6 is 0 Å². The molecule has 80 heavy (non-hydrogen) atoms. The third kappa shape index (κ3) is 20.3. The highest BCUT2D eigenvalue weighted by atomic mass is 16.5. The summed E-state index contributed by atoms with van der Waals surface area (Å²) >= 11 is 0. The summed E-state index contributed by atoms with van der Waals surface area (Å²) in [5.41, 5.74) is 5.76. The number of aliphatic hydroxyl groups is 7. The molecule has 0 spiro atoms. The van der Waals surface area contributed by atoms with Gasteiger partial charge in [-0.15, -0.1) is 0 Å². The van der Waals surface area contributed by atoms with Crippen LogP contribution in [0.2, 0.25) is 0 Å². The SMILES string of the molecule is CC[C@H](C)C[C@H](C)CCCCCCCCC(=O)C[C@H]1C[C@@H](O)[C@@H](OCCN)NC(=O)[C@@H]2[C@@H](O)CCN2C(=O)[C@H]([C@H](O)CCNC(C)C)NC(=O)[C@H]([C@H](O)[C@@H](O)c2ccc(O)cc2)CC(=O)[C@@H]2C[C@@H](O)CN2C(=O)[C@H]([C@@H](C)O)NC1=O. The number of carbonyl (C=O) groups excluding carboxylic acids is 7. The number of rotatable bonds is 26. The minimum Gasteiger partial charge on any atom is -0.508 e. The number of ketones is 2. The van der Waals surface area contributed by atoms with Gasteiger partial charge >= 0.3 is 0 Å². The predicted molar refractivity (Wildman–Crippen MR) is 295 cm³/mol. The van der Waals surface area contributed by atoms with E-state index >= 15 is 0 Å². The van der Waals surface area contributed by atoms with E-state index in [0.29, 0.717) is 18.3 Å². The Labute approximate surface area is 471 Å². The molecule has 23 heteroatoms. The van der Waals surface area contributed by atoms with Gasteiger partial charge in [0.05, 0.1) is 55.2 Å². The Bertz CT molecular complexity index is 2140. The van der Waals surface area contributed by atoms with Gasteiger partial charge in [-0.2, -0.15) is 0 Å². The van der Waals surface area contributed by atoms with E-state index in [0.717, 1.165) is 54.7 Å². The molecule has 23 nitrogen and oxygen atoms in total. The number of phenols is 1. The summed E-state index contributed by atoms with van der Waals surface area (Å²) in [5, 5.41) is 101. The summed E-state index contributed by atoms with van der Waals surface area (Å²) in [5.74, 6) is -8.94. The highest BCUT2D eigenvalue weighted by Crippen LogP contribution is 2.31. The first-order chi connectivity index (χ1) is 37.9. The lowest BCUT2D eigenvalue weighted by Gasteiger charge is -2.34. The zero-order valence-electron chi connectivity index (χ0n) is 47.8. The van der Waals surface area contributed by atoms with Crippen molar-refractivity contribution in [3.8, 4) is 5.75 Å². The fourth-order valence-corrected chi connectivity index (χ4v) is 11.0. The number of fused-ring (bicyclic) bond motifs is 2. The average molecular weight is 1130 g/mol. The van der Waals surface area contributed by atoms with E-state index in [-0.39, 0.29) is 68.6 Å².